The third kappa shape index (κ3) is 11.6. The minimum absolute atomic E-state index is 0.0196. The standard InChI is InChI=1S/C21H19NO4.C17H27N3O3/c1-26-21(25)12-19(22-13-23)15-8-6-14(7-9-15)16-10-11-20(24)18-5-3-2-4-17(16)18;1-6-18-15(21)8-7-11-20(16(22)23-17(3,4)5)14-12-13(2)9-10-19-14/h2-11,13,19,24H,12H2,1H3,(H,22,23);9-10,12H,6-8,11H2,1-5H3,(H,18,21). The van der Waals surface area contributed by atoms with Gasteiger partial charge in [0.2, 0.25) is 12.3 Å². The first-order valence-electron chi connectivity index (χ1n) is 16.1. The zero-order valence-electron chi connectivity index (χ0n) is 29.0. The van der Waals surface area contributed by atoms with E-state index in [0.29, 0.717) is 38.2 Å². The van der Waals surface area contributed by atoms with Crippen molar-refractivity contribution in [1.82, 2.24) is 15.6 Å². The van der Waals surface area contributed by atoms with Crippen LogP contribution in [0.5, 0.6) is 5.75 Å². The third-order valence-electron chi connectivity index (χ3n) is 7.34. The number of hydrogen-bond acceptors (Lipinski definition) is 8. The fourth-order valence-corrected chi connectivity index (χ4v) is 5.00. The summed E-state index contributed by atoms with van der Waals surface area (Å²) in [4.78, 5) is 52.1. The highest BCUT2D eigenvalue weighted by Gasteiger charge is 2.24. The highest BCUT2D eigenvalue weighted by Crippen LogP contribution is 2.34. The van der Waals surface area contributed by atoms with Crippen LogP contribution >= 0.6 is 0 Å². The number of aromatic nitrogens is 1. The molecule has 0 aliphatic heterocycles. The number of ether oxygens (including phenoxy) is 2. The van der Waals surface area contributed by atoms with E-state index in [1.165, 1.54) is 12.0 Å². The maximum absolute atomic E-state index is 12.4. The highest BCUT2D eigenvalue weighted by molar-refractivity contribution is 6.00. The van der Waals surface area contributed by atoms with Crippen LogP contribution in [-0.2, 0) is 23.9 Å². The quantitative estimate of drug-likeness (QED) is 0.113. The summed E-state index contributed by atoms with van der Waals surface area (Å²) >= 11 is 0. The minimum Gasteiger partial charge on any atom is -0.507 e. The van der Waals surface area contributed by atoms with Gasteiger partial charge < -0.3 is 25.2 Å². The van der Waals surface area contributed by atoms with Gasteiger partial charge in [0.05, 0.1) is 19.6 Å². The normalized spacial score (nSPS) is 11.4. The summed E-state index contributed by atoms with van der Waals surface area (Å²) in [5.41, 5.74) is 3.21. The molecule has 4 aromatic rings. The van der Waals surface area contributed by atoms with Gasteiger partial charge in [0, 0.05) is 31.1 Å². The Kier molecular flexibility index (Phi) is 14.1. The van der Waals surface area contributed by atoms with Gasteiger partial charge in [0.1, 0.15) is 17.2 Å². The van der Waals surface area contributed by atoms with Crippen molar-refractivity contribution in [3.63, 3.8) is 0 Å². The molecule has 4 rings (SSSR count). The van der Waals surface area contributed by atoms with E-state index in [-0.39, 0.29) is 18.1 Å². The number of esters is 1. The summed E-state index contributed by atoms with van der Waals surface area (Å²) in [6, 6.07) is 22.1. The molecule has 1 atom stereocenters. The molecular weight excluding hydrogens is 624 g/mol. The summed E-state index contributed by atoms with van der Waals surface area (Å²) in [6.45, 7) is 10.3. The lowest BCUT2D eigenvalue weighted by Gasteiger charge is -2.27. The molecule has 0 saturated carbocycles. The van der Waals surface area contributed by atoms with Crippen LogP contribution in [-0.4, -0.2) is 60.3 Å². The Morgan fingerprint density at radius 1 is 1.00 bits per heavy atom. The first kappa shape index (κ1) is 38.0. The Hall–Kier alpha value is -5.45. The molecule has 0 saturated heterocycles. The highest BCUT2D eigenvalue weighted by atomic mass is 16.6. The van der Waals surface area contributed by atoms with Crippen molar-refractivity contribution >= 4 is 41.0 Å². The number of benzene rings is 3. The summed E-state index contributed by atoms with van der Waals surface area (Å²) in [5.74, 6) is 0.372. The van der Waals surface area contributed by atoms with Crippen LogP contribution in [0.4, 0.5) is 10.6 Å². The molecule has 3 aromatic carbocycles. The molecule has 3 amide bonds. The first-order valence-corrected chi connectivity index (χ1v) is 16.1. The lowest BCUT2D eigenvalue weighted by molar-refractivity contribution is -0.141. The lowest BCUT2D eigenvalue weighted by atomic mass is 9.95. The van der Waals surface area contributed by atoms with E-state index in [9.17, 15) is 24.3 Å². The topological polar surface area (TPSA) is 147 Å². The molecule has 1 unspecified atom stereocenters. The van der Waals surface area contributed by atoms with Gasteiger partial charge in [-0.3, -0.25) is 19.3 Å². The first-order chi connectivity index (χ1) is 23.4. The van der Waals surface area contributed by atoms with Crippen LogP contribution < -0.4 is 15.5 Å². The lowest BCUT2D eigenvalue weighted by Crippen LogP contribution is -2.38. The second-order valence-electron chi connectivity index (χ2n) is 12.3. The van der Waals surface area contributed by atoms with Crippen molar-refractivity contribution in [2.75, 3.05) is 25.1 Å². The predicted octanol–water partition coefficient (Wildman–Crippen LogP) is 6.61. The molecular formula is C38H46N4O7. The number of fused-ring (bicyclic) bond motifs is 1. The van der Waals surface area contributed by atoms with Gasteiger partial charge in [0.15, 0.2) is 0 Å². The SMILES string of the molecule is CCNC(=O)CCCN(C(=O)OC(C)(C)C)c1cc(C)ccn1.COC(=O)CC(NC=O)c1ccc(-c2ccc(O)c3ccccc23)cc1. The van der Waals surface area contributed by atoms with Gasteiger partial charge >= 0.3 is 12.1 Å². The summed E-state index contributed by atoms with van der Waals surface area (Å²) in [5, 5.41) is 17.2. The van der Waals surface area contributed by atoms with Crippen molar-refractivity contribution in [2.45, 2.75) is 65.5 Å². The second kappa shape index (κ2) is 18.2. The van der Waals surface area contributed by atoms with Crippen LogP contribution in [0.3, 0.4) is 0 Å². The van der Waals surface area contributed by atoms with Gasteiger partial charge in [0.25, 0.3) is 0 Å². The number of phenolic OH excluding ortho intramolecular Hbond substituents is 1. The maximum atomic E-state index is 12.4. The molecule has 11 heteroatoms. The number of aromatic hydroxyl groups is 1. The van der Waals surface area contributed by atoms with E-state index < -0.39 is 23.7 Å². The van der Waals surface area contributed by atoms with Crippen LogP contribution in [0.1, 0.15) is 64.1 Å². The minimum atomic E-state index is -0.585. The molecule has 3 N–H and O–H groups in total. The summed E-state index contributed by atoms with van der Waals surface area (Å²) < 4.78 is 10.1. The van der Waals surface area contributed by atoms with E-state index >= 15 is 0 Å². The molecule has 1 aromatic heterocycles. The number of pyridine rings is 1. The number of phenols is 1. The van der Waals surface area contributed by atoms with Gasteiger partial charge in [-0.05, 0) is 86.9 Å². The zero-order valence-corrected chi connectivity index (χ0v) is 29.0. The van der Waals surface area contributed by atoms with Crippen LogP contribution in [0.15, 0.2) is 79.0 Å². The fraction of sp³-hybridized carbons (Fsp3) is 0.342. The zero-order chi connectivity index (χ0) is 36.0. The van der Waals surface area contributed by atoms with Crippen molar-refractivity contribution in [2.24, 2.45) is 0 Å². The van der Waals surface area contributed by atoms with E-state index in [1.807, 2.05) is 101 Å². The predicted molar refractivity (Wildman–Crippen MR) is 190 cm³/mol. The maximum Gasteiger partial charge on any atom is 0.416 e. The number of nitrogens with zero attached hydrogens (tertiary/aromatic N) is 2. The number of hydrogen-bond donors (Lipinski definition) is 3. The average molecular weight is 671 g/mol. The molecule has 0 aliphatic carbocycles. The van der Waals surface area contributed by atoms with Crippen molar-refractivity contribution < 1.29 is 33.8 Å². The Labute approximate surface area is 287 Å². The van der Waals surface area contributed by atoms with Gasteiger partial charge in [-0.15, -0.1) is 0 Å². The number of carbonyl (C=O) groups is 4. The Balaban J connectivity index is 0.000000268. The van der Waals surface area contributed by atoms with E-state index in [1.54, 1.807) is 12.3 Å². The van der Waals surface area contributed by atoms with E-state index in [4.69, 9.17) is 4.74 Å². The van der Waals surface area contributed by atoms with E-state index in [0.717, 1.165) is 33.0 Å². The fourth-order valence-electron chi connectivity index (χ4n) is 5.00. The summed E-state index contributed by atoms with van der Waals surface area (Å²) in [6.07, 6.45) is 2.75. The molecule has 11 nitrogen and oxygen atoms in total. The Morgan fingerprint density at radius 3 is 2.31 bits per heavy atom. The van der Waals surface area contributed by atoms with Gasteiger partial charge in [-0.25, -0.2) is 9.78 Å². The number of nitrogens with one attached hydrogen (secondary N) is 2. The summed E-state index contributed by atoms with van der Waals surface area (Å²) in [7, 11) is 1.32. The van der Waals surface area contributed by atoms with Gasteiger partial charge in [-0.1, -0.05) is 54.6 Å². The van der Waals surface area contributed by atoms with Gasteiger partial charge in [-0.2, -0.15) is 0 Å². The molecule has 0 spiro atoms. The number of aryl methyl sites for hydroxylation is 1. The monoisotopic (exact) mass is 670 g/mol. The average Bonchev–Trinajstić information content (AvgIpc) is 3.06. The number of methoxy groups -OCH3 is 1. The van der Waals surface area contributed by atoms with Crippen LogP contribution in [0.25, 0.3) is 21.9 Å². The third-order valence-corrected chi connectivity index (χ3v) is 7.34. The van der Waals surface area contributed by atoms with Crippen LogP contribution in [0.2, 0.25) is 0 Å². The van der Waals surface area contributed by atoms with Crippen molar-refractivity contribution in [3.05, 3.63) is 90.1 Å². The second-order valence-corrected chi connectivity index (χ2v) is 12.3. The van der Waals surface area contributed by atoms with Crippen molar-refractivity contribution in [1.29, 1.82) is 0 Å². The molecule has 1 heterocycles. The molecule has 0 aliphatic rings. The number of carbonyl (C=O) groups excluding carboxylic acids is 4. The Morgan fingerprint density at radius 2 is 1.69 bits per heavy atom. The largest absolute Gasteiger partial charge is 0.507 e. The van der Waals surface area contributed by atoms with Crippen LogP contribution in [0, 0.1) is 6.92 Å². The Bertz CT molecular complexity index is 1720. The molecule has 0 fully saturated rings. The number of rotatable bonds is 12. The number of anilines is 1. The smallest absolute Gasteiger partial charge is 0.416 e. The molecule has 0 radical (unpaired) electrons. The van der Waals surface area contributed by atoms with Crippen molar-refractivity contribution in [3.8, 4) is 16.9 Å². The molecule has 260 valence electrons. The molecule has 0 bridgehead atoms. The number of amides is 3. The molecule has 49 heavy (non-hydrogen) atoms. The van der Waals surface area contributed by atoms with E-state index in [2.05, 4.69) is 20.4 Å².